The van der Waals surface area contributed by atoms with Gasteiger partial charge in [0.2, 0.25) is 0 Å². The molecule has 0 heterocycles. The molecule has 0 aromatic heterocycles. The van der Waals surface area contributed by atoms with E-state index in [1.807, 2.05) is 0 Å². The Kier molecular flexibility index (Phi) is 4.66. The maximum Gasteiger partial charge on any atom is 0.284 e. The van der Waals surface area contributed by atoms with Gasteiger partial charge < -0.3 is 9.80 Å². The highest BCUT2D eigenvalue weighted by Crippen LogP contribution is 2.52. The Morgan fingerprint density at radius 1 is 0.724 bits per heavy atom. The summed E-state index contributed by atoms with van der Waals surface area (Å²) < 4.78 is 0. The quantitative estimate of drug-likeness (QED) is 0.471. The molecule has 3 rings (SSSR count). The second-order valence-electron chi connectivity index (χ2n) is 6.88. The lowest BCUT2D eigenvalue weighted by molar-refractivity contribution is -0.393. The number of hydrogen-bond donors (Lipinski definition) is 0. The normalized spacial score (nSPS) is 11.5. The number of benzene rings is 2. The molecule has 11 heteroatoms. The molecule has 0 bridgehead atoms. The lowest BCUT2D eigenvalue weighted by Gasteiger charge is -2.27. The Morgan fingerprint density at radius 3 is 1.76 bits per heavy atom. The number of nitro groups is 3. The third-order valence-electron chi connectivity index (χ3n) is 4.60. The van der Waals surface area contributed by atoms with Crippen LogP contribution >= 0.6 is 0 Å². The Morgan fingerprint density at radius 2 is 1.28 bits per heavy atom. The summed E-state index contributed by atoms with van der Waals surface area (Å²) in [5, 5.41) is 34.4. The molecule has 11 nitrogen and oxygen atoms in total. The van der Waals surface area contributed by atoms with Gasteiger partial charge in [0.05, 0.1) is 26.4 Å². The lowest BCUT2D eigenvalue weighted by atomic mass is 10.0. The summed E-state index contributed by atoms with van der Waals surface area (Å²) in [5.41, 5.74) is 0.769. The minimum absolute atomic E-state index is 0.178. The standard InChI is InChI=1S/C18H17N5O6/c1-19(2)18(20(3)4)17-13-7-10(21(24)25)5-6-12(13)16-14(17)8-11(22(26)27)9-15(16)23(28)29/h5-9H,1-4H3. The van der Waals surface area contributed by atoms with E-state index in [9.17, 15) is 30.3 Å². The van der Waals surface area contributed by atoms with Gasteiger partial charge in [0.1, 0.15) is 5.82 Å². The van der Waals surface area contributed by atoms with Crippen molar-refractivity contribution >= 4 is 22.6 Å². The van der Waals surface area contributed by atoms with E-state index in [-0.39, 0.29) is 11.3 Å². The Hall–Kier alpha value is -4.02. The van der Waals surface area contributed by atoms with Gasteiger partial charge in [-0.15, -0.1) is 0 Å². The molecule has 0 atom stereocenters. The molecule has 0 fully saturated rings. The topological polar surface area (TPSA) is 136 Å². The fourth-order valence-electron chi connectivity index (χ4n) is 3.65. The summed E-state index contributed by atoms with van der Waals surface area (Å²) in [7, 11) is 7.01. The Bertz CT molecular complexity index is 1100. The monoisotopic (exact) mass is 399 g/mol. The average molecular weight is 399 g/mol. The smallest absolute Gasteiger partial charge is 0.284 e. The molecule has 0 aliphatic heterocycles. The van der Waals surface area contributed by atoms with Gasteiger partial charge in [0, 0.05) is 63.1 Å². The number of fused-ring (bicyclic) bond motifs is 3. The molecular formula is C18H17N5O6. The highest BCUT2D eigenvalue weighted by atomic mass is 16.6. The number of nitrogens with zero attached hydrogens (tertiary/aromatic N) is 5. The van der Waals surface area contributed by atoms with Gasteiger partial charge in [-0.1, -0.05) is 0 Å². The van der Waals surface area contributed by atoms with Crippen LogP contribution in [0.2, 0.25) is 0 Å². The summed E-state index contributed by atoms with van der Waals surface area (Å²) in [4.78, 5) is 36.0. The minimum atomic E-state index is -0.693. The highest BCUT2D eigenvalue weighted by Gasteiger charge is 2.37. The fraction of sp³-hybridized carbons (Fsp3) is 0.222. The molecule has 29 heavy (non-hydrogen) atoms. The van der Waals surface area contributed by atoms with E-state index in [1.54, 1.807) is 38.0 Å². The van der Waals surface area contributed by atoms with Crippen molar-refractivity contribution in [1.29, 1.82) is 0 Å². The highest BCUT2D eigenvalue weighted by molar-refractivity contribution is 6.06. The molecular weight excluding hydrogens is 382 g/mol. The molecule has 2 aromatic rings. The van der Waals surface area contributed by atoms with Crippen LogP contribution in [0.25, 0.3) is 16.7 Å². The number of rotatable bonds is 5. The van der Waals surface area contributed by atoms with E-state index < -0.39 is 26.1 Å². The van der Waals surface area contributed by atoms with Gasteiger partial charge in [0.15, 0.2) is 0 Å². The number of nitro benzene ring substituents is 3. The van der Waals surface area contributed by atoms with Crippen molar-refractivity contribution in [2.45, 2.75) is 0 Å². The van der Waals surface area contributed by atoms with E-state index in [0.717, 1.165) is 6.07 Å². The van der Waals surface area contributed by atoms with Gasteiger partial charge >= 0.3 is 0 Å². The van der Waals surface area contributed by atoms with Gasteiger partial charge in [-0.3, -0.25) is 30.3 Å². The van der Waals surface area contributed by atoms with Crippen molar-refractivity contribution in [3.05, 3.63) is 77.6 Å². The largest absolute Gasteiger partial charge is 0.364 e. The summed E-state index contributed by atoms with van der Waals surface area (Å²) in [5.74, 6) is 0.597. The molecule has 2 aromatic carbocycles. The molecule has 0 N–H and O–H groups in total. The summed E-state index contributed by atoms with van der Waals surface area (Å²) in [6.07, 6.45) is 0. The first-order valence-electron chi connectivity index (χ1n) is 8.40. The van der Waals surface area contributed by atoms with E-state index in [2.05, 4.69) is 0 Å². The van der Waals surface area contributed by atoms with E-state index in [4.69, 9.17) is 0 Å². The van der Waals surface area contributed by atoms with Crippen LogP contribution in [0, 0.1) is 30.3 Å². The Balaban J connectivity index is 2.54. The van der Waals surface area contributed by atoms with Gasteiger partial charge in [-0.05, 0) is 11.6 Å². The molecule has 0 saturated carbocycles. The fourth-order valence-corrected chi connectivity index (χ4v) is 3.65. The molecule has 1 aliphatic carbocycles. The first-order chi connectivity index (χ1) is 13.5. The van der Waals surface area contributed by atoms with Crippen LogP contribution in [-0.2, 0) is 0 Å². The van der Waals surface area contributed by atoms with E-state index in [0.29, 0.717) is 28.1 Å². The van der Waals surface area contributed by atoms with Gasteiger partial charge in [-0.2, -0.15) is 0 Å². The number of hydrogen-bond acceptors (Lipinski definition) is 8. The molecule has 0 radical (unpaired) electrons. The SMILES string of the molecule is CN(C)C(=C1c2cc([N+](=O)[O-])ccc2-c2c1cc([N+](=O)[O-])cc2[N+](=O)[O-])N(C)C. The predicted molar refractivity (Wildman–Crippen MR) is 105 cm³/mol. The second kappa shape index (κ2) is 6.86. The van der Waals surface area contributed by atoms with Crippen LogP contribution in [0.3, 0.4) is 0 Å². The van der Waals surface area contributed by atoms with Crippen molar-refractivity contribution in [1.82, 2.24) is 9.80 Å². The third kappa shape index (κ3) is 3.12. The summed E-state index contributed by atoms with van der Waals surface area (Å²) in [6, 6.07) is 6.24. The average Bonchev–Trinajstić information content (AvgIpc) is 2.94. The summed E-state index contributed by atoms with van der Waals surface area (Å²) >= 11 is 0. The van der Waals surface area contributed by atoms with E-state index >= 15 is 0 Å². The number of non-ortho nitro benzene ring substituents is 2. The molecule has 1 aliphatic rings. The molecule has 0 spiro atoms. The maximum atomic E-state index is 11.7. The zero-order valence-corrected chi connectivity index (χ0v) is 16.1. The van der Waals surface area contributed by atoms with Crippen molar-refractivity contribution < 1.29 is 14.8 Å². The van der Waals surface area contributed by atoms with Crippen LogP contribution in [0.4, 0.5) is 17.1 Å². The summed E-state index contributed by atoms with van der Waals surface area (Å²) in [6.45, 7) is 0. The van der Waals surface area contributed by atoms with Crippen LogP contribution in [-0.4, -0.2) is 52.8 Å². The molecule has 0 unspecified atom stereocenters. The first-order valence-corrected chi connectivity index (χ1v) is 8.40. The van der Waals surface area contributed by atoms with Crippen LogP contribution in [0.15, 0.2) is 36.2 Å². The molecule has 0 amide bonds. The van der Waals surface area contributed by atoms with Crippen molar-refractivity contribution in [2.24, 2.45) is 0 Å². The molecule has 0 saturated heterocycles. The van der Waals surface area contributed by atoms with Crippen molar-refractivity contribution in [3.8, 4) is 11.1 Å². The van der Waals surface area contributed by atoms with Crippen LogP contribution < -0.4 is 0 Å². The zero-order chi connectivity index (χ0) is 21.6. The van der Waals surface area contributed by atoms with Crippen molar-refractivity contribution in [3.63, 3.8) is 0 Å². The van der Waals surface area contributed by atoms with Gasteiger partial charge in [-0.25, -0.2) is 0 Å². The van der Waals surface area contributed by atoms with Crippen LogP contribution in [0.1, 0.15) is 11.1 Å². The van der Waals surface area contributed by atoms with Gasteiger partial charge in [0.25, 0.3) is 17.1 Å². The minimum Gasteiger partial charge on any atom is -0.364 e. The van der Waals surface area contributed by atoms with Crippen molar-refractivity contribution in [2.75, 3.05) is 28.2 Å². The lowest BCUT2D eigenvalue weighted by Crippen LogP contribution is -2.26. The molecule has 150 valence electrons. The van der Waals surface area contributed by atoms with E-state index in [1.165, 1.54) is 24.3 Å². The first kappa shape index (κ1) is 19.7. The maximum absolute atomic E-state index is 11.7. The second-order valence-corrected chi connectivity index (χ2v) is 6.88. The zero-order valence-electron chi connectivity index (χ0n) is 16.1. The third-order valence-corrected chi connectivity index (χ3v) is 4.60. The Labute approximate surface area is 164 Å². The van der Waals surface area contributed by atoms with Crippen LogP contribution in [0.5, 0.6) is 0 Å². The predicted octanol–water partition coefficient (Wildman–Crippen LogP) is 3.23.